The fourth-order valence-electron chi connectivity index (χ4n) is 2.08. The van der Waals surface area contributed by atoms with Crippen LogP contribution in [0.2, 0.25) is 0 Å². The van der Waals surface area contributed by atoms with Crippen LogP contribution in [-0.2, 0) is 4.74 Å². The lowest BCUT2D eigenvalue weighted by Crippen LogP contribution is -2.34. The summed E-state index contributed by atoms with van der Waals surface area (Å²) in [5.41, 5.74) is 2.22. The maximum absolute atomic E-state index is 5.51. The maximum Gasteiger partial charge on any atom is 0.124 e. The van der Waals surface area contributed by atoms with E-state index in [1.54, 1.807) is 23.7 Å². The predicted molar refractivity (Wildman–Crippen MR) is 71.6 cm³/mol. The highest BCUT2D eigenvalue weighted by molar-refractivity contribution is 7.15. The van der Waals surface area contributed by atoms with Gasteiger partial charge in [0.05, 0.1) is 24.9 Å². The van der Waals surface area contributed by atoms with Crippen LogP contribution in [0.15, 0.2) is 24.5 Å². The van der Waals surface area contributed by atoms with Gasteiger partial charge in [-0.1, -0.05) is 0 Å². The van der Waals surface area contributed by atoms with E-state index in [0.29, 0.717) is 0 Å². The Bertz CT molecular complexity index is 520. The molecule has 1 aliphatic heterocycles. The third kappa shape index (κ3) is 2.29. The molecule has 0 saturated carbocycles. The van der Waals surface area contributed by atoms with Crippen molar-refractivity contribution in [3.05, 3.63) is 35.1 Å². The Hall–Kier alpha value is -1.30. The largest absolute Gasteiger partial charge is 0.378 e. The highest BCUT2D eigenvalue weighted by Crippen LogP contribution is 2.32. The Labute approximate surface area is 110 Å². The highest BCUT2D eigenvalue weighted by atomic mass is 32.1. The zero-order chi connectivity index (χ0) is 12.4. The molecule has 2 aromatic rings. The molecule has 0 aliphatic carbocycles. The number of morpholine rings is 1. The van der Waals surface area contributed by atoms with Crippen molar-refractivity contribution in [2.24, 2.45) is 0 Å². The Morgan fingerprint density at radius 3 is 2.94 bits per heavy atom. The zero-order valence-electron chi connectivity index (χ0n) is 10.2. The summed E-state index contributed by atoms with van der Waals surface area (Å²) in [6.07, 6.45) is 3.60. The number of aromatic nitrogens is 2. The summed E-state index contributed by atoms with van der Waals surface area (Å²) in [7, 11) is 0. The maximum atomic E-state index is 5.51. The third-order valence-corrected chi connectivity index (χ3v) is 4.32. The number of hydrogen-bond acceptors (Lipinski definition) is 5. The molecule has 0 spiro atoms. The van der Waals surface area contributed by atoms with Gasteiger partial charge in [-0.25, -0.2) is 4.98 Å². The van der Waals surface area contributed by atoms with Crippen molar-refractivity contribution in [2.75, 3.05) is 19.8 Å². The molecule has 0 amide bonds. The summed E-state index contributed by atoms with van der Waals surface area (Å²) >= 11 is 1.74. The number of pyridine rings is 1. The average Bonchev–Trinajstić information content (AvgIpc) is 2.83. The van der Waals surface area contributed by atoms with E-state index < -0.39 is 0 Å². The second-order valence-electron chi connectivity index (χ2n) is 4.29. The number of aryl methyl sites for hydroxylation is 1. The summed E-state index contributed by atoms with van der Waals surface area (Å²) in [4.78, 5) is 9.96. The number of nitrogens with zero attached hydrogens (tertiary/aromatic N) is 2. The second kappa shape index (κ2) is 5.14. The Balaban J connectivity index is 1.91. The van der Waals surface area contributed by atoms with Crippen LogP contribution in [0, 0.1) is 6.92 Å². The molecule has 18 heavy (non-hydrogen) atoms. The van der Waals surface area contributed by atoms with Crippen LogP contribution in [-0.4, -0.2) is 29.7 Å². The van der Waals surface area contributed by atoms with Crippen LogP contribution in [0.4, 0.5) is 0 Å². The van der Waals surface area contributed by atoms with E-state index in [2.05, 4.69) is 22.2 Å². The van der Waals surface area contributed by atoms with Gasteiger partial charge in [-0.3, -0.25) is 4.98 Å². The molecule has 1 saturated heterocycles. The van der Waals surface area contributed by atoms with Crippen molar-refractivity contribution in [2.45, 2.75) is 13.0 Å². The molecule has 3 rings (SSSR count). The average molecular weight is 261 g/mol. The van der Waals surface area contributed by atoms with Crippen LogP contribution in [0.25, 0.3) is 10.6 Å². The fourth-order valence-corrected chi connectivity index (χ4v) is 3.22. The van der Waals surface area contributed by atoms with Gasteiger partial charge >= 0.3 is 0 Å². The summed E-state index contributed by atoms with van der Waals surface area (Å²) in [5, 5.41) is 4.53. The normalized spacial score (nSPS) is 19.9. The number of ether oxygens (including phenoxy) is 1. The zero-order valence-corrected chi connectivity index (χ0v) is 11.0. The van der Waals surface area contributed by atoms with E-state index in [0.717, 1.165) is 36.0 Å². The molecule has 1 N–H and O–H groups in total. The number of thiazole rings is 1. The van der Waals surface area contributed by atoms with Crippen LogP contribution in [0.5, 0.6) is 0 Å². The smallest absolute Gasteiger partial charge is 0.124 e. The van der Waals surface area contributed by atoms with Crippen LogP contribution >= 0.6 is 11.3 Å². The van der Waals surface area contributed by atoms with Gasteiger partial charge in [-0.05, 0) is 19.1 Å². The van der Waals surface area contributed by atoms with Crippen molar-refractivity contribution in [3.63, 3.8) is 0 Å². The molecular formula is C13H15N3OS. The van der Waals surface area contributed by atoms with Gasteiger partial charge in [0, 0.05) is 29.4 Å². The Morgan fingerprint density at radius 1 is 1.39 bits per heavy atom. The first-order valence-electron chi connectivity index (χ1n) is 6.03. The third-order valence-electron chi connectivity index (χ3n) is 3.00. The van der Waals surface area contributed by atoms with Gasteiger partial charge in [0.15, 0.2) is 0 Å². The molecule has 1 atom stereocenters. The quantitative estimate of drug-likeness (QED) is 0.900. The van der Waals surface area contributed by atoms with Gasteiger partial charge in [0.1, 0.15) is 5.01 Å². The molecule has 0 radical (unpaired) electrons. The van der Waals surface area contributed by atoms with Crippen molar-refractivity contribution in [3.8, 4) is 10.6 Å². The van der Waals surface area contributed by atoms with E-state index in [1.807, 2.05) is 12.1 Å². The molecule has 3 heterocycles. The minimum absolute atomic E-state index is 0.284. The molecule has 2 aromatic heterocycles. The summed E-state index contributed by atoms with van der Waals surface area (Å²) < 4.78 is 5.51. The highest BCUT2D eigenvalue weighted by Gasteiger charge is 2.21. The van der Waals surface area contributed by atoms with Gasteiger partial charge < -0.3 is 10.1 Å². The lowest BCUT2D eigenvalue weighted by molar-refractivity contribution is 0.0777. The topological polar surface area (TPSA) is 47.0 Å². The van der Waals surface area contributed by atoms with Crippen molar-refractivity contribution < 1.29 is 4.74 Å². The van der Waals surface area contributed by atoms with Crippen LogP contribution in [0.1, 0.15) is 16.6 Å². The fraction of sp³-hybridized carbons (Fsp3) is 0.385. The molecular weight excluding hydrogens is 246 g/mol. The number of nitrogens with one attached hydrogen (secondary N) is 1. The Kier molecular flexibility index (Phi) is 3.36. The molecule has 1 unspecified atom stereocenters. The molecule has 0 aromatic carbocycles. The molecule has 1 fully saturated rings. The summed E-state index contributed by atoms with van der Waals surface area (Å²) in [6, 6.07) is 4.27. The van der Waals surface area contributed by atoms with Gasteiger partial charge in [-0.15, -0.1) is 11.3 Å². The first kappa shape index (κ1) is 11.8. The molecule has 5 heteroatoms. The number of rotatable bonds is 2. The Morgan fingerprint density at radius 2 is 2.22 bits per heavy atom. The van der Waals surface area contributed by atoms with E-state index >= 15 is 0 Å². The van der Waals surface area contributed by atoms with E-state index in [-0.39, 0.29) is 6.04 Å². The van der Waals surface area contributed by atoms with Gasteiger partial charge in [0.2, 0.25) is 0 Å². The van der Waals surface area contributed by atoms with Crippen LogP contribution < -0.4 is 5.32 Å². The first-order chi connectivity index (χ1) is 8.84. The van der Waals surface area contributed by atoms with Gasteiger partial charge in [-0.2, -0.15) is 0 Å². The molecule has 94 valence electrons. The lowest BCUT2D eigenvalue weighted by atomic mass is 10.2. The monoisotopic (exact) mass is 261 g/mol. The summed E-state index contributed by atoms with van der Waals surface area (Å²) in [5.74, 6) is 0. The van der Waals surface area contributed by atoms with Crippen molar-refractivity contribution in [1.82, 2.24) is 15.3 Å². The molecule has 4 nitrogen and oxygen atoms in total. The van der Waals surface area contributed by atoms with Crippen LogP contribution in [0.3, 0.4) is 0 Å². The van der Waals surface area contributed by atoms with Gasteiger partial charge in [0.25, 0.3) is 0 Å². The standard InChI is InChI=1S/C13H15N3OS/c1-9-12(11-8-17-7-6-15-11)18-13(16-9)10-2-4-14-5-3-10/h2-5,11,15H,6-8H2,1H3. The summed E-state index contributed by atoms with van der Waals surface area (Å²) in [6.45, 7) is 4.50. The minimum atomic E-state index is 0.284. The number of hydrogen-bond donors (Lipinski definition) is 1. The first-order valence-corrected chi connectivity index (χ1v) is 6.85. The van der Waals surface area contributed by atoms with Crippen molar-refractivity contribution >= 4 is 11.3 Å². The minimum Gasteiger partial charge on any atom is -0.378 e. The lowest BCUT2D eigenvalue weighted by Gasteiger charge is -2.22. The molecule has 0 bridgehead atoms. The second-order valence-corrected chi connectivity index (χ2v) is 5.32. The van der Waals surface area contributed by atoms with E-state index in [9.17, 15) is 0 Å². The van der Waals surface area contributed by atoms with E-state index in [4.69, 9.17) is 4.74 Å². The predicted octanol–water partition coefficient (Wildman–Crippen LogP) is 2.17. The SMILES string of the molecule is Cc1nc(-c2ccncc2)sc1C1COCCN1. The van der Waals surface area contributed by atoms with Crippen molar-refractivity contribution in [1.29, 1.82) is 0 Å². The molecule has 1 aliphatic rings. The van der Waals surface area contributed by atoms with E-state index in [1.165, 1.54) is 4.88 Å².